The minimum absolute atomic E-state index is 0.0523. The van der Waals surface area contributed by atoms with E-state index in [1.54, 1.807) is 0 Å². The van der Waals surface area contributed by atoms with Crippen LogP contribution in [0.2, 0.25) is 0 Å². The standard InChI is InChI=1S/C18H26BNO3/c1-17(2)18(3,4)23-19(22-17)14-7-5-6-12(10-14)11-15(16(20)21)13-8-9-13/h5-7,10,13,15H,8-9,11H2,1-4H3,(H2,20,21). The Kier molecular flexibility index (Phi) is 4.05. The predicted molar refractivity (Wildman–Crippen MR) is 91.3 cm³/mol. The number of rotatable bonds is 5. The molecule has 1 aromatic rings. The van der Waals surface area contributed by atoms with Crippen LogP contribution in [0.15, 0.2) is 24.3 Å². The Morgan fingerprint density at radius 1 is 1.26 bits per heavy atom. The normalized spacial score (nSPS) is 23.7. The van der Waals surface area contributed by atoms with E-state index in [9.17, 15) is 4.79 Å². The monoisotopic (exact) mass is 315 g/mol. The molecule has 2 aliphatic rings. The molecule has 3 rings (SSSR count). The van der Waals surface area contributed by atoms with Gasteiger partial charge in [-0.15, -0.1) is 0 Å². The van der Waals surface area contributed by atoms with Gasteiger partial charge < -0.3 is 15.0 Å². The second-order valence-corrected chi connectivity index (χ2v) is 7.88. The predicted octanol–water partition coefficient (Wildman–Crippen LogP) is 2.04. The molecule has 0 radical (unpaired) electrons. The van der Waals surface area contributed by atoms with Gasteiger partial charge in [-0.05, 0) is 63.9 Å². The van der Waals surface area contributed by atoms with Crippen LogP contribution in [0.3, 0.4) is 0 Å². The average molecular weight is 315 g/mol. The van der Waals surface area contributed by atoms with Gasteiger partial charge in [0.2, 0.25) is 5.91 Å². The van der Waals surface area contributed by atoms with E-state index in [2.05, 4.69) is 6.07 Å². The Morgan fingerprint density at radius 2 is 1.87 bits per heavy atom. The van der Waals surface area contributed by atoms with E-state index in [4.69, 9.17) is 15.0 Å². The Balaban J connectivity index is 1.77. The maximum absolute atomic E-state index is 11.7. The van der Waals surface area contributed by atoms with Crippen molar-refractivity contribution < 1.29 is 14.1 Å². The number of hydrogen-bond donors (Lipinski definition) is 1. The third kappa shape index (κ3) is 3.31. The summed E-state index contributed by atoms with van der Waals surface area (Å²) in [7, 11) is -0.368. The minimum Gasteiger partial charge on any atom is -0.399 e. The largest absolute Gasteiger partial charge is 0.494 e. The minimum atomic E-state index is -0.368. The van der Waals surface area contributed by atoms with Crippen molar-refractivity contribution in [3.05, 3.63) is 29.8 Å². The first-order valence-electron chi connectivity index (χ1n) is 8.43. The quantitative estimate of drug-likeness (QED) is 0.846. The molecule has 1 aliphatic heterocycles. The number of benzene rings is 1. The first-order chi connectivity index (χ1) is 10.7. The van der Waals surface area contributed by atoms with Gasteiger partial charge in [-0.3, -0.25) is 4.79 Å². The molecular weight excluding hydrogens is 289 g/mol. The van der Waals surface area contributed by atoms with Crippen molar-refractivity contribution in [2.24, 2.45) is 17.6 Å². The molecule has 1 aliphatic carbocycles. The van der Waals surface area contributed by atoms with Crippen LogP contribution in [0.25, 0.3) is 0 Å². The fraction of sp³-hybridized carbons (Fsp3) is 0.611. The molecule has 0 aromatic heterocycles. The van der Waals surface area contributed by atoms with Gasteiger partial charge in [-0.1, -0.05) is 24.3 Å². The first kappa shape index (κ1) is 16.5. The lowest BCUT2D eigenvalue weighted by Crippen LogP contribution is -2.41. The summed E-state index contributed by atoms with van der Waals surface area (Å²) in [6.07, 6.45) is 2.93. The molecular formula is C18H26BNO3. The Hall–Kier alpha value is -1.33. The average Bonchev–Trinajstić information content (AvgIpc) is 3.24. The second-order valence-electron chi connectivity index (χ2n) is 7.88. The summed E-state index contributed by atoms with van der Waals surface area (Å²) in [6, 6.07) is 8.15. The molecule has 1 atom stereocenters. The summed E-state index contributed by atoms with van der Waals surface area (Å²) in [5, 5.41) is 0. The molecule has 1 saturated heterocycles. The van der Waals surface area contributed by atoms with E-state index in [1.165, 1.54) is 0 Å². The highest BCUT2D eigenvalue weighted by Crippen LogP contribution is 2.39. The van der Waals surface area contributed by atoms with Crippen LogP contribution in [-0.2, 0) is 20.5 Å². The number of hydrogen-bond acceptors (Lipinski definition) is 3. The molecule has 2 N–H and O–H groups in total. The van der Waals surface area contributed by atoms with Crippen molar-refractivity contribution >= 4 is 18.5 Å². The van der Waals surface area contributed by atoms with Crippen LogP contribution >= 0.6 is 0 Å². The summed E-state index contributed by atoms with van der Waals surface area (Å²) in [5.41, 5.74) is 6.99. The van der Waals surface area contributed by atoms with Crippen LogP contribution < -0.4 is 11.2 Å². The molecule has 1 aromatic carbocycles. The molecule has 4 nitrogen and oxygen atoms in total. The van der Waals surface area contributed by atoms with E-state index in [-0.39, 0.29) is 30.1 Å². The number of carbonyl (C=O) groups excluding carboxylic acids is 1. The number of amides is 1. The van der Waals surface area contributed by atoms with E-state index >= 15 is 0 Å². The highest BCUT2D eigenvalue weighted by molar-refractivity contribution is 6.62. The van der Waals surface area contributed by atoms with Crippen LogP contribution in [0, 0.1) is 11.8 Å². The maximum Gasteiger partial charge on any atom is 0.494 e. The summed E-state index contributed by atoms with van der Waals surface area (Å²) >= 11 is 0. The van der Waals surface area contributed by atoms with Crippen molar-refractivity contribution in [1.82, 2.24) is 0 Å². The Bertz CT molecular complexity index is 594. The maximum atomic E-state index is 11.7. The van der Waals surface area contributed by atoms with E-state index < -0.39 is 0 Å². The molecule has 2 fully saturated rings. The van der Waals surface area contributed by atoms with Crippen molar-refractivity contribution in [3.8, 4) is 0 Å². The zero-order valence-corrected chi connectivity index (χ0v) is 14.5. The zero-order valence-electron chi connectivity index (χ0n) is 14.5. The van der Waals surface area contributed by atoms with Gasteiger partial charge in [0.05, 0.1) is 11.2 Å². The van der Waals surface area contributed by atoms with E-state index in [0.717, 1.165) is 23.9 Å². The van der Waals surface area contributed by atoms with Crippen molar-refractivity contribution in [1.29, 1.82) is 0 Å². The summed E-state index contributed by atoms with van der Waals surface area (Å²) in [6.45, 7) is 8.19. The van der Waals surface area contributed by atoms with Crippen molar-refractivity contribution in [2.75, 3.05) is 0 Å². The van der Waals surface area contributed by atoms with Gasteiger partial charge in [-0.25, -0.2) is 0 Å². The summed E-state index contributed by atoms with van der Waals surface area (Å²) in [5.74, 6) is 0.227. The fourth-order valence-corrected chi connectivity index (χ4v) is 3.10. The fourth-order valence-electron chi connectivity index (χ4n) is 3.10. The van der Waals surface area contributed by atoms with E-state index in [0.29, 0.717) is 12.3 Å². The molecule has 23 heavy (non-hydrogen) atoms. The smallest absolute Gasteiger partial charge is 0.399 e. The molecule has 0 spiro atoms. The summed E-state index contributed by atoms with van der Waals surface area (Å²) in [4.78, 5) is 11.7. The van der Waals surface area contributed by atoms with Gasteiger partial charge in [0, 0.05) is 5.92 Å². The van der Waals surface area contributed by atoms with Gasteiger partial charge in [0.1, 0.15) is 0 Å². The molecule has 1 unspecified atom stereocenters. The number of carbonyl (C=O) groups is 1. The van der Waals surface area contributed by atoms with Gasteiger partial charge in [0.15, 0.2) is 0 Å². The van der Waals surface area contributed by atoms with Gasteiger partial charge >= 0.3 is 7.12 Å². The molecule has 1 saturated carbocycles. The second kappa shape index (κ2) is 5.64. The van der Waals surface area contributed by atoms with Gasteiger partial charge in [0.25, 0.3) is 0 Å². The first-order valence-corrected chi connectivity index (χ1v) is 8.43. The molecule has 0 bridgehead atoms. The SMILES string of the molecule is CC1(C)OB(c2cccc(CC(C(N)=O)C3CC3)c2)OC1(C)C. The zero-order chi connectivity index (χ0) is 16.8. The third-order valence-electron chi connectivity index (χ3n) is 5.49. The highest BCUT2D eigenvalue weighted by Gasteiger charge is 2.51. The molecule has 124 valence electrons. The lowest BCUT2D eigenvalue weighted by atomic mass is 9.77. The Morgan fingerprint density at radius 3 is 2.39 bits per heavy atom. The lowest BCUT2D eigenvalue weighted by molar-refractivity contribution is -0.122. The van der Waals surface area contributed by atoms with E-state index in [1.807, 2.05) is 45.9 Å². The van der Waals surface area contributed by atoms with Crippen LogP contribution in [0.1, 0.15) is 46.1 Å². The van der Waals surface area contributed by atoms with Crippen LogP contribution in [0.4, 0.5) is 0 Å². The topological polar surface area (TPSA) is 61.5 Å². The van der Waals surface area contributed by atoms with Gasteiger partial charge in [-0.2, -0.15) is 0 Å². The van der Waals surface area contributed by atoms with Crippen LogP contribution in [0.5, 0.6) is 0 Å². The molecule has 1 heterocycles. The molecule has 5 heteroatoms. The van der Waals surface area contributed by atoms with Crippen LogP contribution in [-0.4, -0.2) is 24.2 Å². The third-order valence-corrected chi connectivity index (χ3v) is 5.49. The Labute approximate surface area is 138 Å². The lowest BCUT2D eigenvalue weighted by Gasteiger charge is -2.32. The number of primary amides is 1. The number of nitrogens with two attached hydrogens (primary N) is 1. The van der Waals surface area contributed by atoms with Crippen molar-refractivity contribution in [3.63, 3.8) is 0 Å². The molecule has 1 amide bonds. The highest BCUT2D eigenvalue weighted by atomic mass is 16.7. The summed E-state index contributed by atoms with van der Waals surface area (Å²) < 4.78 is 12.2. The van der Waals surface area contributed by atoms with Crippen molar-refractivity contribution in [2.45, 2.75) is 58.2 Å².